The number of hydrogen-bond donors (Lipinski definition) is 1. The van der Waals surface area contributed by atoms with Gasteiger partial charge in [0.15, 0.2) is 0 Å². The molecule has 36 heavy (non-hydrogen) atoms. The highest BCUT2D eigenvalue weighted by Gasteiger charge is 2.28. The zero-order chi connectivity index (χ0) is 26.0. The quantitative estimate of drug-likeness (QED) is 0.565. The number of pyridine rings is 1. The number of amides is 1. The summed E-state index contributed by atoms with van der Waals surface area (Å²) in [6.07, 6.45) is 8.38. The number of fused-ring (bicyclic) bond motifs is 1. The lowest BCUT2D eigenvalue weighted by Gasteiger charge is -2.40. The number of carbonyl (C=O) groups is 1. The summed E-state index contributed by atoms with van der Waals surface area (Å²) in [6, 6.07) is 6.56. The predicted molar refractivity (Wildman–Crippen MR) is 146 cm³/mol. The third-order valence-corrected chi connectivity index (χ3v) is 7.91. The first kappa shape index (κ1) is 26.3. The van der Waals surface area contributed by atoms with E-state index in [1.54, 1.807) is 10.6 Å². The largest absolute Gasteiger partial charge is 0.496 e. The fourth-order valence-corrected chi connectivity index (χ4v) is 5.82. The summed E-state index contributed by atoms with van der Waals surface area (Å²) in [7, 11) is 5.84. The van der Waals surface area contributed by atoms with Crippen molar-refractivity contribution in [3.05, 3.63) is 62.0 Å². The second kappa shape index (κ2) is 11.1. The molecule has 1 N–H and O–H groups in total. The van der Waals surface area contributed by atoms with Crippen LogP contribution in [0.5, 0.6) is 5.75 Å². The van der Waals surface area contributed by atoms with Gasteiger partial charge < -0.3 is 24.4 Å². The number of hydrogen-bond acceptors (Lipinski definition) is 5. The number of halogens is 1. The lowest BCUT2D eigenvalue weighted by Crippen LogP contribution is -2.42. The molecule has 0 unspecified atom stereocenters. The summed E-state index contributed by atoms with van der Waals surface area (Å²) >= 11 is 6.53. The van der Waals surface area contributed by atoms with Gasteiger partial charge in [-0.2, -0.15) is 0 Å². The third kappa shape index (κ3) is 5.18. The summed E-state index contributed by atoms with van der Waals surface area (Å²) in [5.41, 5.74) is 3.52. The summed E-state index contributed by atoms with van der Waals surface area (Å²) in [5.74, 6) is 0.223. The van der Waals surface area contributed by atoms with Gasteiger partial charge in [0.05, 0.1) is 19.2 Å². The normalized spacial score (nSPS) is 18.9. The van der Waals surface area contributed by atoms with E-state index in [0.717, 1.165) is 49.2 Å². The summed E-state index contributed by atoms with van der Waals surface area (Å²) in [6.45, 7) is 5.58. The van der Waals surface area contributed by atoms with Crippen molar-refractivity contribution in [2.75, 3.05) is 32.6 Å². The summed E-state index contributed by atoms with van der Waals surface area (Å²) < 4.78 is 7.13. The molecule has 7 nitrogen and oxygen atoms in total. The van der Waals surface area contributed by atoms with Gasteiger partial charge in [-0.1, -0.05) is 17.7 Å². The van der Waals surface area contributed by atoms with Gasteiger partial charge in [-0.05, 0) is 77.4 Å². The van der Waals surface area contributed by atoms with Crippen LogP contribution in [0.1, 0.15) is 59.8 Å². The number of allylic oxidation sites excluding steroid dienone is 1. The molecule has 1 aromatic carbocycles. The van der Waals surface area contributed by atoms with Crippen molar-refractivity contribution in [1.82, 2.24) is 14.8 Å². The van der Waals surface area contributed by atoms with Gasteiger partial charge in [-0.3, -0.25) is 9.59 Å². The molecular formula is C28H37ClN4O3. The van der Waals surface area contributed by atoms with E-state index in [0.29, 0.717) is 40.5 Å². The minimum Gasteiger partial charge on any atom is -0.496 e. The van der Waals surface area contributed by atoms with Crippen molar-refractivity contribution in [3.8, 4) is 5.75 Å². The van der Waals surface area contributed by atoms with E-state index < -0.39 is 0 Å². The molecule has 4 rings (SSSR count). The van der Waals surface area contributed by atoms with Gasteiger partial charge >= 0.3 is 0 Å². The predicted octanol–water partition coefficient (Wildman–Crippen LogP) is 4.47. The highest BCUT2D eigenvalue weighted by atomic mass is 35.5. The number of anilines is 1. The fraction of sp³-hybridized carbons (Fsp3) is 0.500. The minimum atomic E-state index is -0.256. The summed E-state index contributed by atoms with van der Waals surface area (Å²) in [5, 5.41) is 3.47. The van der Waals surface area contributed by atoms with Gasteiger partial charge in [0.1, 0.15) is 5.75 Å². The highest BCUT2D eigenvalue weighted by molar-refractivity contribution is 6.31. The van der Waals surface area contributed by atoms with E-state index in [1.807, 2.05) is 31.2 Å². The molecule has 1 aromatic heterocycles. The molecule has 0 radical (unpaired) electrons. The maximum absolute atomic E-state index is 13.3. The smallest absolute Gasteiger partial charge is 0.260 e. The average molecular weight is 513 g/mol. The Kier molecular flexibility index (Phi) is 8.10. The van der Waals surface area contributed by atoms with Gasteiger partial charge in [0.25, 0.3) is 11.5 Å². The molecule has 0 spiro atoms. The second-order valence-corrected chi connectivity index (χ2v) is 10.4. The molecule has 1 saturated carbocycles. The first-order chi connectivity index (χ1) is 17.2. The molecule has 2 aromatic rings. The first-order valence-electron chi connectivity index (χ1n) is 12.7. The van der Waals surface area contributed by atoms with Crippen molar-refractivity contribution < 1.29 is 9.53 Å². The lowest BCUT2D eigenvalue weighted by atomic mass is 9.89. The van der Waals surface area contributed by atoms with Crippen LogP contribution in [-0.4, -0.2) is 55.2 Å². The molecule has 2 heterocycles. The van der Waals surface area contributed by atoms with E-state index in [9.17, 15) is 9.59 Å². The van der Waals surface area contributed by atoms with Gasteiger partial charge in [0, 0.05) is 53.2 Å². The second-order valence-electron chi connectivity index (χ2n) is 9.93. The maximum Gasteiger partial charge on any atom is 0.260 e. The Morgan fingerprint density at radius 1 is 1.17 bits per heavy atom. The SMILES string of the molecule is CCN(c1cc(Cl)cc(C(=O)NCc2c(OC)cc3n(c2=O)CC=C3)c1C)C1CCC(N(C)C)CC1. The minimum absolute atomic E-state index is 0.0778. The Morgan fingerprint density at radius 3 is 2.50 bits per heavy atom. The Labute approximate surface area is 218 Å². The van der Waals surface area contributed by atoms with E-state index >= 15 is 0 Å². The van der Waals surface area contributed by atoms with E-state index in [1.165, 1.54) is 7.11 Å². The third-order valence-electron chi connectivity index (χ3n) is 7.69. The number of nitrogens with zero attached hydrogens (tertiary/aromatic N) is 3. The molecule has 1 aliphatic carbocycles. The Hall–Kier alpha value is -2.77. The Bertz CT molecular complexity index is 1210. The van der Waals surface area contributed by atoms with Gasteiger partial charge in [-0.25, -0.2) is 0 Å². The van der Waals surface area contributed by atoms with Crippen LogP contribution < -0.4 is 20.5 Å². The van der Waals surface area contributed by atoms with E-state index in [4.69, 9.17) is 16.3 Å². The van der Waals surface area contributed by atoms with Crippen LogP contribution >= 0.6 is 11.6 Å². The number of aromatic nitrogens is 1. The molecule has 0 atom stereocenters. The first-order valence-corrected chi connectivity index (χ1v) is 13.1. The van der Waals surface area contributed by atoms with Crippen molar-refractivity contribution >= 4 is 29.3 Å². The number of ether oxygens (including phenoxy) is 1. The number of methoxy groups -OCH3 is 1. The van der Waals surface area contributed by atoms with E-state index in [-0.39, 0.29) is 18.0 Å². The standard InChI is InChI=1S/C28H37ClN4O3/c1-6-32(21-11-9-20(10-12-21)31(3)4)25-15-19(29)14-23(18(25)2)27(34)30-17-24-26(36-5)16-22-8-7-13-33(22)28(24)35/h7-8,14-16,20-21H,6,9-13,17H2,1-5H3,(H,30,34). The molecule has 0 bridgehead atoms. The maximum atomic E-state index is 13.3. The lowest BCUT2D eigenvalue weighted by molar-refractivity contribution is 0.0950. The molecule has 8 heteroatoms. The molecule has 1 aliphatic heterocycles. The van der Waals surface area contributed by atoms with Gasteiger partial charge in [-0.15, -0.1) is 0 Å². The summed E-state index contributed by atoms with van der Waals surface area (Å²) in [4.78, 5) is 31.0. The molecular weight excluding hydrogens is 476 g/mol. The van der Waals surface area contributed by atoms with Crippen LogP contribution in [0, 0.1) is 6.92 Å². The highest BCUT2D eigenvalue weighted by Crippen LogP contribution is 2.34. The van der Waals surface area contributed by atoms with Crippen molar-refractivity contribution in [2.45, 2.75) is 64.7 Å². The molecule has 1 fully saturated rings. The Balaban J connectivity index is 1.55. The van der Waals surface area contributed by atoms with Crippen LogP contribution in [0.2, 0.25) is 5.02 Å². The van der Waals surface area contributed by atoms with Crippen molar-refractivity contribution in [3.63, 3.8) is 0 Å². The fourth-order valence-electron chi connectivity index (χ4n) is 5.61. The number of nitrogens with one attached hydrogen (secondary N) is 1. The molecule has 0 saturated heterocycles. The van der Waals surface area contributed by atoms with Crippen LogP contribution in [-0.2, 0) is 13.1 Å². The van der Waals surface area contributed by atoms with Gasteiger partial charge in [0.2, 0.25) is 0 Å². The number of benzene rings is 1. The average Bonchev–Trinajstić information content (AvgIpc) is 3.34. The zero-order valence-corrected chi connectivity index (χ0v) is 22.7. The van der Waals surface area contributed by atoms with Crippen molar-refractivity contribution in [1.29, 1.82) is 0 Å². The molecule has 2 aliphatic rings. The molecule has 1 amide bonds. The van der Waals surface area contributed by atoms with Crippen LogP contribution in [0.3, 0.4) is 0 Å². The number of rotatable bonds is 8. The van der Waals surface area contributed by atoms with E-state index in [2.05, 4.69) is 36.1 Å². The monoisotopic (exact) mass is 512 g/mol. The molecule has 194 valence electrons. The zero-order valence-electron chi connectivity index (χ0n) is 21.9. The number of carbonyl (C=O) groups excluding carboxylic acids is 1. The van der Waals surface area contributed by atoms with Crippen LogP contribution in [0.25, 0.3) is 6.08 Å². The van der Waals surface area contributed by atoms with Crippen LogP contribution in [0.4, 0.5) is 5.69 Å². The Morgan fingerprint density at radius 2 is 1.86 bits per heavy atom. The van der Waals surface area contributed by atoms with Crippen molar-refractivity contribution in [2.24, 2.45) is 0 Å². The van der Waals surface area contributed by atoms with Crippen LogP contribution in [0.15, 0.2) is 29.1 Å². The topological polar surface area (TPSA) is 66.8 Å².